The summed E-state index contributed by atoms with van der Waals surface area (Å²) in [6.07, 6.45) is 13.0. The number of nitrogens with zero attached hydrogens (tertiary/aromatic N) is 2. The molecule has 2 rings (SSSR count). The smallest absolute Gasteiger partial charge is 0.159 e. The van der Waals surface area contributed by atoms with Crippen LogP contribution in [0.3, 0.4) is 0 Å². The molecule has 0 radical (unpaired) electrons. The highest BCUT2D eigenvalue weighted by Gasteiger charge is 2.13. The fourth-order valence-electron chi connectivity index (χ4n) is 3.74. The van der Waals surface area contributed by atoms with E-state index in [0.29, 0.717) is 18.0 Å². The number of unbranched alkanes of at least 4 members (excludes halogenated alkanes) is 6. The average molecular weight is 447 g/mol. The number of rotatable bonds is 17. The molecule has 178 valence electrons. The molecule has 0 saturated carbocycles. The molecule has 1 aromatic heterocycles. The lowest BCUT2D eigenvalue weighted by Gasteiger charge is -2.12. The Morgan fingerprint density at radius 2 is 1.38 bits per heavy atom. The molecule has 2 unspecified atom stereocenters. The number of hydrogen-bond acceptors (Lipinski definition) is 3. The van der Waals surface area contributed by atoms with Gasteiger partial charge in [0.15, 0.2) is 11.6 Å². The Bertz CT molecular complexity index is 721. The summed E-state index contributed by atoms with van der Waals surface area (Å²) in [7, 11) is 0. The first-order valence-electron chi connectivity index (χ1n) is 12.4. The van der Waals surface area contributed by atoms with Gasteiger partial charge in [-0.05, 0) is 37.7 Å². The fraction of sp³-hybridized carbons (Fsp3) is 0.630. The third kappa shape index (κ3) is 10.5. The molecule has 3 nitrogen and oxygen atoms in total. The molecule has 0 bridgehead atoms. The van der Waals surface area contributed by atoms with Crippen molar-refractivity contribution in [3.05, 3.63) is 42.2 Å². The van der Waals surface area contributed by atoms with Gasteiger partial charge in [-0.3, -0.25) is 0 Å². The molecular formula is C27H40F2N2O. The molecular weight excluding hydrogens is 406 g/mol. The molecule has 0 saturated heterocycles. The first kappa shape index (κ1) is 26.2. The number of benzene rings is 1. The molecule has 0 fully saturated rings. The predicted molar refractivity (Wildman–Crippen MR) is 129 cm³/mol. The summed E-state index contributed by atoms with van der Waals surface area (Å²) in [6.45, 7) is 4.07. The van der Waals surface area contributed by atoms with Gasteiger partial charge in [0.2, 0.25) is 0 Å². The summed E-state index contributed by atoms with van der Waals surface area (Å²) in [5, 5.41) is 0. The van der Waals surface area contributed by atoms with Gasteiger partial charge in [-0.1, -0.05) is 83.1 Å². The van der Waals surface area contributed by atoms with Gasteiger partial charge >= 0.3 is 0 Å². The molecule has 1 aromatic carbocycles. The monoisotopic (exact) mass is 446 g/mol. The van der Waals surface area contributed by atoms with E-state index in [2.05, 4.69) is 29.0 Å². The molecule has 2 aromatic rings. The molecule has 32 heavy (non-hydrogen) atoms. The van der Waals surface area contributed by atoms with Crippen molar-refractivity contribution in [2.24, 2.45) is 0 Å². The highest BCUT2D eigenvalue weighted by Crippen LogP contribution is 2.19. The van der Waals surface area contributed by atoms with Gasteiger partial charge < -0.3 is 4.74 Å². The van der Waals surface area contributed by atoms with Crippen LogP contribution in [0, 0.1) is 0 Å². The Morgan fingerprint density at radius 1 is 0.750 bits per heavy atom. The maximum absolute atomic E-state index is 13.9. The third-order valence-electron chi connectivity index (χ3n) is 5.74. The summed E-state index contributed by atoms with van der Waals surface area (Å²) in [5.41, 5.74) is 2.29. The number of ether oxygens (including phenoxy) is 1. The highest BCUT2D eigenvalue weighted by atomic mass is 19.1. The number of halogens is 2. The lowest BCUT2D eigenvalue weighted by molar-refractivity contribution is 0.168. The van der Waals surface area contributed by atoms with Crippen molar-refractivity contribution in [3.63, 3.8) is 0 Å². The largest absolute Gasteiger partial charge is 0.487 e. The minimum atomic E-state index is -1.19. The van der Waals surface area contributed by atoms with E-state index in [4.69, 9.17) is 4.74 Å². The van der Waals surface area contributed by atoms with Gasteiger partial charge in [-0.15, -0.1) is 0 Å². The van der Waals surface area contributed by atoms with Crippen LogP contribution < -0.4 is 4.74 Å². The van der Waals surface area contributed by atoms with Crippen LogP contribution in [0.5, 0.6) is 5.75 Å². The lowest BCUT2D eigenvalue weighted by Crippen LogP contribution is -2.15. The third-order valence-corrected chi connectivity index (χ3v) is 5.74. The van der Waals surface area contributed by atoms with E-state index < -0.39 is 12.3 Å². The van der Waals surface area contributed by atoms with Crippen molar-refractivity contribution < 1.29 is 13.5 Å². The van der Waals surface area contributed by atoms with Crippen LogP contribution in [0.25, 0.3) is 11.4 Å². The molecule has 5 heteroatoms. The van der Waals surface area contributed by atoms with E-state index in [9.17, 15) is 8.78 Å². The number of alkyl halides is 2. The van der Waals surface area contributed by atoms with Gasteiger partial charge in [0.25, 0.3) is 0 Å². The zero-order chi connectivity index (χ0) is 23.0. The van der Waals surface area contributed by atoms with Gasteiger partial charge in [-0.25, -0.2) is 18.7 Å². The summed E-state index contributed by atoms with van der Waals surface area (Å²) < 4.78 is 32.8. The second-order valence-corrected chi connectivity index (χ2v) is 8.68. The number of hydrogen-bond donors (Lipinski definition) is 0. The number of aryl methyl sites for hydroxylation is 1. The molecule has 0 spiro atoms. The first-order valence-corrected chi connectivity index (χ1v) is 12.4. The van der Waals surface area contributed by atoms with E-state index in [0.717, 1.165) is 18.4 Å². The standard InChI is InChI=1S/C27H40F2N2O/c1-3-5-6-7-8-9-10-12-22-13-15-23(16-14-22)27-30-19-26(20-31-27)32-21-25(29)18-17-24(28)11-4-2/h13-16,19-20,24-25H,3-12,17-18,21H2,1-2H3. The minimum Gasteiger partial charge on any atom is -0.487 e. The van der Waals surface area contributed by atoms with Crippen LogP contribution in [-0.2, 0) is 6.42 Å². The zero-order valence-corrected chi connectivity index (χ0v) is 19.9. The average Bonchev–Trinajstić information content (AvgIpc) is 2.82. The molecule has 0 N–H and O–H groups in total. The maximum atomic E-state index is 13.9. The molecule has 0 aliphatic heterocycles. The summed E-state index contributed by atoms with van der Waals surface area (Å²) >= 11 is 0. The topological polar surface area (TPSA) is 35.0 Å². The van der Waals surface area contributed by atoms with Gasteiger partial charge in [-0.2, -0.15) is 0 Å². The normalized spacial score (nSPS) is 13.1. The van der Waals surface area contributed by atoms with Gasteiger partial charge in [0.1, 0.15) is 19.0 Å². The van der Waals surface area contributed by atoms with Crippen LogP contribution in [0.15, 0.2) is 36.7 Å². The molecule has 2 atom stereocenters. The Morgan fingerprint density at radius 3 is 2.03 bits per heavy atom. The van der Waals surface area contributed by atoms with Crippen molar-refractivity contribution in [1.82, 2.24) is 9.97 Å². The van der Waals surface area contributed by atoms with Gasteiger partial charge in [0.05, 0.1) is 12.4 Å². The van der Waals surface area contributed by atoms with Crippen molar-refractivity contribution in [2.45, 2.75) is 103 Å². The Labute approximate surface area is 193 Å². The van der Waals surface area contributed by atoms with E-state index in [1.807, 2.05) is 19.1 Å². The quantitative estimate of drug-likeness (QED) is 0.230. The fourth-order valence-corrected chi connectivity index (χ4v) is 3.74. The minimum absolute atomic E-state index is 0.102. The number of aromatic nitrogens is 2. The maximum Gasteiger partial charge on any atom is 0.159 e. The zero-order valence-electron chi connectivity index (χ0n) is 19.9. The highest BCUT2D eigenvalue weighted by molar-refractivity contribution is 5.55. The van der Waals surface area contributed by atoms with Crippen LogP contribution in [0.2, 0.25) is 0 Å². The Kier molecular flexibility index (Phi) is 12.9. The molecule has 0 aliphatic rings. The second-order valence-electron chi connectivity index (χ2n) is 8.68. The second kappa shape index (κ2) is 15.7. The SMILES string of the molecule is CCCCCCCCCc1ccc(-c2ncc(OCC(F)CCC(F)CCC)cn2)cc1. The van der Waals surface area contributed by atoms with Crippen molar-refractivity contribution in [2.75, 3.05) is 6.61 Å². The Hall–Kier alpha value is -2.04. The van der Waals surface area contributed by atoms with Crippen LogP contribution in [-0.4, -0.2) is 28.9 Å². The van der Waals surface area contributed by atoms with Crippen molar-refractivity contribution >= 4 is 0 Å². The summed E-state index contributed by atoms with van der Waals surface area (Å²) in [5.74, 6) is 1.05. The van der Waals surface area contributed by atoms with Crippen LogP contribution >= 0.6 is 0 Å². The summed E-state index contributed by atoms with van der Waals surface area (Å²) in [4.78, 5) is 8.69. The Balaban J connectivity index is 1.70. The molecule has 1 heterocycles. The van der Waals surface area contributed by atoms with Crippen molar-refractivity contribution in [3.8, 4) is 17.1 Å². The predicted octanol–water partition coefficient (Wildman–Crippen LogP) is 8.07. The van der Waals surface area contributed by atoms with E-state index in [-0.39, 0.29) is 19.4 Å². The van der Waals surface area contributed by atoms with Gasteiger partial charge in [0, 0.05) is 5.56 Å². The molecule has 0 aliphatic carbocycles. The first-order chi connectivity index (χ1) is 15.6. The lowest BCUT2D eigenvalue weighted by atomic mass is 10.0. The van der Waals surface area contributed by atoms with E-state index in [1.165, 1.54) is 50.5 Å². The van der Waals surface area contributed by atoms with Crippen LogP contribution in [0.4, 0.5) is 8.78 Å². The van der Waals surface area contributed by atoms with E-state index >= 15 is 0 Å². The molecule has 0 amide bonds. The van der Waals surface area contributed by atoms with Crippen LogP contribution in [0.1, 0.15) is 90.0 Å². The summed E-state index contributed by atoms with van der Waals surface area (Å²) in [6, 6.07) is 8.39. The van der Waals surface area contributed by atoms with E-state index in [1.54, 1.807) is 12.4 Å². The van der Waals surface area contributed by atoms with Crippen molar-refractivity contribution in [1.29, 1.82) is 0 Å².